The molecule has 1 aliphatic rings. The minimum Gasteiger partial charge on any atom is -0.326 e. The van der Waals surface area contributed by atoms with Crippen LogP contribution in [0.3, 0.4) is 0 Å². The molecular weight excluding hydrogens is 354 g/mol. The number of nitrogens with one attached hydrogen (secondary N) is 1. The number of ketones is 1. The minimum atomic E-state index is -0.638. The van der Waals surface area contributed by atoms with Crippen LogP contribution in [-0.2, 0) is 14.4 Å². The fraction of sp³-hybridized carbons (Fsp3) is 0.167. The van der Waals surface area contributed by atoms with Crippen LogP contribution < -0.4 is 5.32 Å². The summed E-state index contributed by atoms with van der Waals surface area (Å²) in [6.45, 7) is 5.06. The molecule has 0 aromatic heterocycles. The Morgan fingerprint density at radius 1 is 1.19 bits per heavy atom. The molecule has 1 aliphatic heterocycles. The summed E-state index contributed by atoms with van der Waals surface area (Å²) in [6.07, 6.45) is 2.49. The Morgan fingerprint density at radius 3 is 2.35 bits per heavy atom. The highest BCUT2D eigenvalue weighted by atomic mass is 32.1. The van der Waals surface area contributed by atoms with Crippen LogP contribution in [0, 0.1) is 0 Å². The smallest absolute Gasteiger partial charge is 0.266 e. The lowest BCUT2D eigenvalue weighted by Gasteiger charge is -2.33. The van der Waals surface area contributed by atoms with Crippen molar-refractivity contribution in [2.24, 2.45) is 0 Å². The van der Waals surface area contributed by atoms with E-state index >= 15 is 0 Å². The molecule has 1 aromatic rings. The van der Waals surface area contributed by atoms with Gasteiger partial charge in [0.1, 0.15) is 5.57 Å². The van der Waals surface area contributed by atoms with E-state index < -0.39 is 17.6 Å². The molecule has 1 saturated heterocycles. The quantitative estimate of drug-likeness (QED) is 0.279. The predicted octanol–water partition coefficient (Wildman–Crippen LogP) is 1.53. The molecule has 0 aliphatic carbocycles. The van der Waals surface area contributed by atoms with Gasteiger partial charge < -0.3 is 5.32 Å². The number of hydrogen-bond donors (Lipinski definition) is 1. The zero-order valence-electron chi connectivity index (χ0n) is 14.3. The van der Waals surface area contributed by atoms with Crippen molar-refractivity contribution in [3.8, 4) is 0 Å². The summed E-state index contributed by atoms with van der Waals surface area (Å²) in [7, 11) is 1.44. The van der Waals surface area contributed by atoms with E-state index in [9.17, 15) is 19.2 Å². The van der Waals surface area contributed by atoms with Gasteiger partial charge in [0, 0.05) is 37.8 Å². The second-order valence-electron chi connectivity index (χ2n) is 5.53. The van der Waals surface area contributed by atoms with E-state index in [0.717, 1.165) is 11.0 Å². The molecule has 1 fully saturated rings. The first-order valence-corrected chi connectivity index (χ1v) is 8.05. The van der Waals surface area contributed by atoms with Crippen LogP contribution in [0.15, 0.2) is 48.6 Å². The lowest BCUT2D eigenvalue weighted by Crippen LogP contribution is -2.54. The zero-order chi connectivity index (χ0) is 19.4. The number of likely N-dealkylation sites (N-methyl/N-ethyl adjacent to an activating group) is 1. The standard InChI is InChI=1S/C18H17N3O4S/c1-4-9-21-17(25)14(16(24)20(3)18(21)26)10-15(23)12-5-7-13(8-6-12)19-11(2)22/h4-8,10H,1,9H2,2-3H3,(H,19,22)/b14-10+. The van der Waals surface area contributed by atoms with Crippen LogP contribution in [0.4, 0.5) is 5.69 Å². The van der Waals surface area contributed by atoms with Gasteiger partial charge in [-0.1, -0.05) is 6.08 Å². The molecule has 3 amide bonds. The Balaban J connectivity index is 2.30. The van der Waals surface area contributed by atoms with E-state index in [0.29, 0.717) is 5.69 Å². The van der Waals surface area contributed by atoms with Gasteiger partial charge in [0.05, 0.1) is 0 Å². The van der Waals surface area contributed by atoms with Crippen molar-refractivity contribution in [2.45, 2.75) is 6.92 Å². The number of allylic oxidation sites excluding steroid dienone is 1. The maximum absolute atomic E-state index is 12.5. The molecule has 7 nitrogen and oxygen atoms in total. The number of amides is 3. The molecule has 0 saturated carbocycles. The van der Waals surface area contributed by atoms with Crippen molar-refractivity contribution in [1.82, 2.24) is 9.80 Å². The summed E-state index contributed by atoms with van der Waals surface area (Å²) < 4.78 is 0. The van der Waals surface area contributed by atoms with E-state index in [-0.39, 0.29) is 28.7 Å². The van der Waals surface area contributed by atoms with Crippen LogP contribution >= 0.6 is 12.2 Å². The van der Waals surface area contributed by atoms with E-state index in [1.807, 2.05) is 0 Å². The van der Waals surface area contributed by atoms with E-state index in [1.54, 1.807) is 12.1 Å². The molecule has 0 atom stereocenters. The number of carbonyl (C=O) groups is 4. The first-order valence-electron chi connectivity index (χ1n) is 7.64. The van der Waals surface area contributed by atoms with Crippen molar-refractivity contribution >= 4 is 46.5 Å². The Hall–Kier alpha value is -3.13. The predicted molar refractivity (Wildman–Crippen MR) is 100 cm³/mol. The molecular formula is C18H17N3O4S. The number of thiocarbonyl (C=S) groups is 1. The Labute approximate surface area is 156 Å². The minimum absolute atomic E-state index is 0.0594. The van der Waals surface area contributed by atoms with Crippen molar-refractivity contribution in [1.29, 1.82) is 0 Å². The maximum atomic E-state index is 12.5. The Kier molecular flexibility index (Phi) is 5.78. The fourth-order valence-corrected chi connectivity index (χ4v) is 2.56. The molecule has 0 bridgehead atoms. The highest BCUT2D eigenvalue weighted by Crippen LogP contribution is 2.18. The monoisotopic (exact) mass is 371 g/mol. The van der Waals surface area contributed by atoms with Gasteiger partial charge in [0.2, 0.25) is 5.91 Å². The van der Waals surface area contributed by atoms with Crippen molar-refractivity contribution in [3.63, 3.8) is 0 Å². The second kappa shape index (κ2) is 7.83. The maximum Gasteiger partial charge on any atom is 0.266 e. The molecule has 26 heavy (non-hydrogen) atoms. The van der Waals surface area contributed by atoms with Gasteiger partial charge >= 0.3 is 0 Å². The van der Waals surface area contributed by atoms with Crippen LogP contribution in [0.2, 0.25) is 0 Å². The van der Waals surface area contributed by atoms with Crippen LogP contribution in [0.1, 0.15) is 17.3 Å². The number of nitrogens with zero attached hydrogens (tertiary/aromatic N) is 2. The molecule has 0 unspecified atom stereocenters. The molecule has 1 aromatic carbocycles. The second-order valence-corrected chi connectivity index (χ2v) is 5.90. The topological polar surface area (TPSA) is 86.8 Å². The van der Waals surface area contributed by atoms with Crippen molar-refractivity contribution < 1.29 is 19.2 Å². The Bertz CT molecular complexity index is 842. The molecule has 8 heteroatoms. The van der Waals surface area contributed by atoms with E-state index in [2.05, 4.69) is 11.9 Å². The van der Waals surface area contributed by atoms with Crippen molar-refractivity contribution in [2.75, 3.05) is 18.9 Å². The summed E-state index contributed by atoms with van der Waals surface area (Å²) in [5.41, 5.74) is 0.547. The molecule has 0 radical (unpaired) electrons. The third kappa shape index (κ3) is 3.92. The average molecular weight is 371 g/mol. The van der Waals surface area contributed by atoms with Crippen LogP contribution in [-0.4, -0.2) is 52.0 Å². The lowest BCUT2D eigenvalue weighted by atomic mass is 10.0. The normalized spacial score (nSPS) is 16.1. The summed E-state index contributed by atoms with van der Waals surface area (Å²) >= 11 is 5.09. The molecule has 0 spiro atoms. The average Bonchev–Trinajstić information content (AvgIpc) is 2.60. The highest BCUT2D eigenvalue weighted by Gasteiger charge is 2.37. The molecule has 134 valence electrons. The fourth-order valence-electron chi connectivity index (χ4n) is 2.32. The zero-order valence-corrected chi connectivity index (χ0v) is 15.1. The molecule has 1 heterocycles. The largest absolute Gasteiger partial charge is 0.326 e. The van der Waals surface area contributed by atoms with Crippen molar-refractivity contribution in [3.05, 3.63) is 54.1 Å². The molecule has 2 rings (SSSR count). The highest BCUT2D eigenvalue weighted by molar-refractivity contribution is 7.80. The van der Waals surface area contributed by atoms with Gasteiger partial charge in [-0.05, 0) is 36.5 Å². The Morgan fingerprint density at radius 2 is 1.81 bits per heavy atom. The van der Waals surface area contributed by atoms with E-state index in [1.165, 1.54) is 37.1 Å². The van der Waals surface area contributed by atoms with E-state index in [4.69, 9.17) is 12.2 Å². The van der Waals surface area contributed by atoms with Gasteiger partial charge in [0.25, 0.3) is 11.8 Å². The number of benzene rings is 1. The summed E-state index contributed by atoms with van der Waals surface area (Å²) in [6, 6.07) is 6.11. The lowest BCUT2D eigenvalue weighted by molar-refractivity contribution is -0.133. The number of rotatable bonds is 5. The summed E-state index contributed by atoms with van der Waals surface area (Å²) in [5.74, 6) is -2.01. The summed E-state index contributed by atoms with van der Waals surface area (Å²) in [5, 5.41) is 2.65. The number of hydrogen-bond acceptors (Lipinski definition) is 5. The van der Waals surface area contributed by atoms with Gasteiger partial charge in [-0.3, -0.25) is 29.0 Å². The van der Waals surface area contributed by atoms with Gasteiger partial charge in [-0.25, -0.2) is 0 Å². The van der Waals surface area contributed by atoms with Crippen LogP contribution in [0.25, 0.3) is 0 Å². The van der Waals surface area contributed by atoms with Gasteiger partial charge in [-0.2, -0.15) is 0 Å². The third-order valence-electron chi connectivity index (χ3n) is 3.61. The van der Waals surface area contributed by atoms with Crippen LogP contribution in [0.5, 0.6) is 0 Å². The molecule has 1 N–H and O–H groups in total. The summed E-state index contributed by atoms with van der Waals surface area (Å²) in [4.78, 5) is 50.6. The van der Waals surface area contributed by atoms with Gasteiger partial charge in [0.15, 0.2) is 10.9 Å². The first-order chi connectivity index (χ1) is 12.3. The number of carbonyl (C=O) groups excluding carboxylic acids is 4. The number of anilines is 1. The third-order valence-corrected chi connectivity index (χ3v) is 4.10. The first kappa shape index (κ1) is 19.2. The van der Waals surface area contributed by atoms with Gasteiger partial charge in [-0.15, -0.1) is 6.58 Å². The SMILES string of the molecule is C=CCN1C(=O)/C(=C/C(=O)c2ccc(NC(C)=O)cc2)C(=O)N(C)C1=S.